The summed E-state index contributed by atoms with van der Waals surface area (Å²) in [7, 11) is 0. The first kappa shape index (κ1) is 18.6. The van der Waals surface area contributed by atoms with Crippen LogP contribution in [0.25, 0.3) is 0 Å². The van der Waals surface area contributed by atoms with Gasteiger partial charge < -0.3 is 4.74 Å². The number of ether oxygens (including phenoxy) is 1. The third-order valence-corrected chi connectivity index (χ3v) is 3.65. The van der Waals surface area contributed by atoms with E-state index in [-0.39, 0.29) is 5.97 Å². The summed E-state index contributed by atoms with van der Waals surface area (Å²) in [6, 6.07) is 6.97. The van der Waals surface area contributed by atoms with Crippen LogP contribution in [0.4, 0.5) is 0 Å². The number of esters is 1. The van der Waals surface area contributed by atoms with Gasteiger partial charge in [-0.25, -0.2) is 4.79 Å². The van der Waals surface area contributed by atoms with Crippen LogP contribution in [0, 0.1) is 11.8 Å². The van der Waals surface area contributed by atoms with E-state index in [1.54, 1.807) is 24.3 Å². The fourth-order valence-electron chi connectivity index (χ4n) is 2.11. The van der Waals surface area contributed by atoms with Crippen molar-refractivity contribution in [3.05, 3.63) is 34.9 Å². The SMILES string of the molecule is CCC#CCCCCCCCCOC(=O)c1ccccc1Cl. The van der Waals surface area contributed by atoms with Crippen molar-refractivity contribution in [2.75, 3.05) is 6.61 Å². The van der Waals surface area contributed by atoms with Crippen molar-refractivity contribution in [2.24, 2.45) is 0 Å². The van der Waals surface area contributed by atoms with Crippen molar-refractivity contribution in [2.45, 2.75) is 58.3 Å². The number of carbonyl (C=O) groups excluding carboxylic acids is 1. The highest BCUT2D eigenvalue weighted by Crippen LogP contribution is 2.16. The number of rotatable bonds is 9. The first-order valence-electron chi connectivity index (χ1n) is 8.13. The number of halogens is 1. The van der Waals surface area contributed by atoms with E-state index in [9.17, 15) is 4.79 Å². The number of hydrogen-bond acceptors (Lipinski definition) is 2. The van der Waals surface area contributed by atoms with Crippen LogP contribution in [0.5, 0.6) is 0 Å². The molecule has 0 saturated heterocycles. The van der Waals surface area contributed by atoms with Gasteiger partial charge in [0.2, 0.25) is 0 Å². The molecule has 1 rings (SSSR count). The van der Waals surface area contributed by atoms with Crippen LogP contribution in [-0.4, -0.2) is 12.6 Å². The van der Waals surface area contributed by atoms with Crippen molar-refractivity contribution in [3.63, 3.8) is 0 Å². The second-order valence-corrected chi connectivity index (χ2v) is 5.60. The maximum Gasteiger partial charge on any atom is 0.339 e. The molecule has 22 heavy (non-hydrogen) atoms. The van der Waals surface area contributed by atoms with Crippen LogP contribution in [0.3, 0.4) is 0 Å². The summed E-state index contributed by atoms with van der Waals surface area (Å²) in [5.41, 5.74) is 0.442. The monoisotopic (exact) mass is 320 g/mol. The molecule has 0 bridgehead atoms. The number of benzene rings is 1. The summed E-state index contributed by atoms with van der Waals surface area (Å²) >= 11 is 5.95. The summed E-state index contributed by atoms with van der Waals surface area (Å²) in [6.45, 7) is 2.54. The molecule has 0 N–H and O–H groups in total. The largest absolute Gasteiger partial charge is 0.462 e. The fourth-order valence-corrected chi connectivity index (χ4v) is 2.32. The van der Waals surface area contributed by atoms with Crippen LogP contribution in [0.15, 0.2) is 24.3 Å². The maximum atomic E-state index is 11.8. The van der Waals surface area contributed by atoms with Gasteiger partial charge in [0.15, 0.2) is 0 Å². The van der Waals surface area contributed by atoms with Gasteiger partial charge in [-0.2, -0.15) is 0 Å². The number of carbonyl (C=O) groups is 1. The molecule has 1 aromatic carbocycles. The van der Waals surface area contributed by atoms with Crippen LogP contribution in [0.2, 0.25) is 5.02 Å². The van der Waals surface area contributed by atoms with Gasteiger partial charge in [-0.05, 0) is 25.0 Å². The van der Waals surface area contributed by atoms with E-state index in [1.165, 1.54) is 25.7 Å². The predicted octanol–water partition coefficient (Wildman–Crippen LogP) is 5.64. The fraction of sp³-hybridized carbons (Fsp3) is 0.526. The molecule has 0 aromatic heterocycles. The molecule has 120 valence electrons. The van der Waals surface area contributed by atoms with E-state index >= 15 is 0 Å². The Labute approximate surface area is 139 Å². The lowest BCUT2D eigenvalue weighted by molar-refractivity contribution is 0.0498. The lowest BCUT2D eigenvalue weighted by atomic mass is 10.1. The van der Waals surface area contributed by atoms with E-state index in [4.69, 9.17) is 16.3 Å². The molecule has 0 saturated carbocycles. The quantitative estimate of drug-likeness (QED) is 0.334. The van der Waals surface area contributed by atoms with Crippen molar-refractivity contribution in [1.29, 1.82) is 0 Å². The van der Waals surface area contributed by atoms with Gasteiger partial charge in [0.1, 0.15) is 0 Å². The van der Waals surface area contributed by atoms with Gasteiger partial charge >= 0.3 is 5.97 Å². The Hall–Kier alpha value is -1.46. The highest BCUT2D eigenvalue weighted by Gasteiger charge is 2.10. The zero-order chi connectivity index (χ0) is 16.0. The van der Waals surface area contributed by atoms with Crippen molar-refractivity contribution in [1.82, 2.24) is 0 Å². The van der Waals surface area contributed by atoms with Gasteiger partial charge in [-0.1, -0.05) is 56.3 Å². The smallest absolute Gasteiger partial charge is 0.339 e. The van der Waals surface area contributed by atoms with E-state index in [1.807, 2.05) is 0 Å². The summed E-state index contributed by atoms with van der Waals surface area (Å²) in [5.74, 6) is 5.91. The van der Waals surface area contributed by atoms with E-state index in [0.29, 0.717) is 17.2 Å². The molecule has 0 atom stereocenters. The summed E-state index contributed by atoms with van der Waals surface area (Å²) in [5, 5.41) is 0.443. The molecular weight excluding hydrogens is 296 g/mol. The van der Waals surface area contributed by atoms with Gasteiger partial charge in [-0.15, -0.1) is 11.8 Å². The highest BCUT2D eigenvalue weighted by atomic mass is 35.5. The Kier molecular flexibility index (Phi) is 10.2. The maximum absolute atomic E-state index is 11.8. The second kappa shape index (κ2) is 12.1. The lowest BCUT2D eigenvalue weighted by Gasteiger charge is -2.06. The number of unbranched alkanes of at least 4 members (excludes halogenated alkanes) is 6. The van der Waals surface area contributed by atoms with Crippen LogP contribution < -0.4 is 0 Å². The lowest BCUT2D eigenvalue weighted by Crippen LogP contribution is -2.07. The minimum absolute atomic E-state index is 0.333. The predicted molar refractivity (Wildman–Crippen MR) is 92.1 cm³/mol. The first-order valence-corrected chi connectivity index (χ1v) is 8.51. The molecule has 3 heteroatoms. The normalized spacial score (nSPS) is 9.91. The molecule has 0 aliphatic heterocycles. The molecule has 0 fully saturated rings. The molecule has 1 aromatic rings. The third kappa shape index (κ3) is 8.10. The molecule has 0 aliphatic rings. The molecule has 0 aliphatic carbocycles. The van der Waals surface area contributed by atoms with Gasteiger partial charge in [0, 0.05) is 12.8 Å². The van der Waals surface area contributed by atoms with Crippen molar-refractivity contribution in [3.8, 4) is 11.8 Å². The molecule has 2 nitrogen and oxygen atoms in total. The van der Waals surface area contributed by atoms with Gasteiger partial charge in [-0.3, -0.25) is 0 Å². The minimum atomic E-state index is -0.333. The molecular formula is C19H25ClO2. The standard InChI is InChI=1S/C19H25ClO2/c1-2-3-4-5-6-7-8-9-10-13-16-22-19(21)17-14-11-12-15-18(17)20/h11-12,14-15H,2,5-10,13,16H2,1H3. The van der Waals surface area contributed by atoms with Crippen LogP contribution in [0.1, 0.15) is 68.6 Å². The minimum Gasteiger partial charge on any atom is -0.462 e. The summed E-state index contributed by atoms with van der Waals surface area (Å²) in [4.78, 5) is 11.8. The average Bonchev–Trinajstić information content (AvgIpc) is 2.53. The first-order chi connectivity index (χ1) is 10.8. The Balaban J connectivity index is 2.00. The second-order valence-electron chi connectivity index (χ2n) is 5.19. The number of hydrogen-bond donors (Lipinski definition) is 0. The molecule has 0 heterocycles. The van der Waals surface area contributed by atoms with E-state index in [0.717, 1.165) is 25.7 Å². The Morgan fingerprint density at radius 1 is 1.05 bits per heavy atom. The van der Waals surface area contributed by atoms with Crippen LogP contribution in [-0.2, 0) is 4.74 Å². The van der Waals surface area contributed by atoms with E-state index < -0.39 is 0 Å². The molecule has 0 unspecified atom stereocenters. The average molecular weight is 321 g/mol. The molecule has 0 amide bonds. The van der Waals surface area contributed by atoms with Gasteiger partial charge in [0.05, 0.1) is 17.2 Å². The summed E-state index contributed by atoms with van der Waals surface area (Å²) < 4.78 is 5.24. The zero-order valence-corrected chi connectivity index (χ0v) is 14.1. The van der Waals surface area contributed by atoms with Crippen molar-refractivity contribution >= 4 is 17.6 Å². The topological polar surface area (TPSA) is 26.3 Å². The molecule has 0 radical (unpaired) electrons. The Morgan fingerprint density at radius 3 is 2.45 bits per heavy atom. The van der Waals surface area contributed by atoms with Crippen LogP contribution >= 0.6 is 11.6 Å². The highest BCUT2D eigenvalue weighted by molar-refractivity contribution is 6.33. The molecule has 0 spiro atoms. The summed E-state index contributed by atoms with van der Waals surface area (Å²) in [6.07, 6.45) is 8.81. The zero-order valence-electron chi connectivity index (χ0n) is 13.4. The third-order valence-electron chi connectivity index (χ3n) is 3.32. The Morgan fingerprint density at radius 2 is 1.73 bits per heavy atom. The Bertz CT molecular complexity index is 500. The van der Waals surface area contributed by atoms with Gasteiger partial charge in [0.25, 0.3) is 0 Å². The van der Waals surface area contributed by atoms with Crippen molar-refractivity contribution < 1.29 is 9.53 Å². The van der Waals surface area contributed by atoms with E-state index in [2.05, 4.69) is 18.8 Å².